The fourth-order valence-electron chi connectivity index (χ4n) is 2.79. The molecule has 0 aliphatic heterocycles. The standard InChI is InChI=1S/C20H27N7.HI/c1-2-21-20(23-10-6-13-27-14-7-11-25-27)24-16-19-22-12-15-26(19)17-18-8-4-3-5-9-18;/h3-5,7-9,11-12,14-15H,2,6,10,13,16-17H2,1H3,(H2,21,23,24);1H. The molecule has 0 spiro atoms. The van der Waals surface area contributed by atoms with Gasteiger partial charge in [0.15, 0.2) is 5.96 Å². The zero-order chi connectivity index (χ0) is 18.7. The minimum Gasteiger partial charge on any atom is -0.357 e. The van der Waals surface area contributed by atoms with Crippen molar-refractivity contribution in [3.05, 3.63) is 72.6 Å². The summed E-state index contributed by atoms with van der Waals surface area (Å²) in [7, 11) is 0. The van der Waals surface area contributed by atoms with E-state index in [4.69, 9.17) is 0 Å². The van der Waals surface area contributed by atoms with Gasteiger partial charge in [-0.2, -0.15) is 5.10 Å². The number of nitrogens with one attached hydrogen (secondary N) is 2. The highest BCUT2D eigenvalue weighted by Gasteiger charge is 2.04. The summed E-state index contributed by atoms with van der Waals surface area (Å²) in [5.74, 6) is 1.76. The number of hydrogen-bond acceptors (Lipinski definition) is 3. The SMILES string of the molecule is CCNC(=NCc1nccn1Cc1ccccc1)NCCCn1cccn1.I. The number of guanidine groups is 1. The molecule has 0 atom stereocenters. The van der Waals surface area contributed by atoms with Gasteiger partial charge in [-0.1, -0.05) is 30.3 Å². The first-order valence-electron chi connectivity index (χ1n) is 9.38. The molecule has 150 valence electrons. The first-order chi connectivity index (χ1) is 13.3. The van der Waals surface area contributed by atoms with E-state index in [1.54, 1.807) is 6.20 Å². The van der Waals surface area contributed by atoms with Crippen LogP contribution in [0.4, 0.5) is 0 Å². The van der Waals surface area contributed by atoms with Gasteiger partial charge in [0.05, 0.1) is 0 Å². The van der Waals surface area contributed by atoms with Gasteiger partial charge >= 0.3 is 0 Å². The van der Waals surface area contributed by atoms with Crippen molar-refractivity contribution in [1.29, 1.82) is 0 Å². The predicted octanol–water partition coefficient (Wildman–Crippen LogP) is 2.89. The van der Waals surface area contributed by atoms with Crippen molar-refractivity contribution >= 4 is 29.9 Å². The van der Waals surface area contributed by atoms with E-state index in [1.165, 1.54) is 5.56 Å². The highest BCUT2D eigenvalue weighted by molar-refractivity contribution is 14.0. The second-order valence-electron chi connectivity index (χ2n) is 6.20. The number of imidazole rings is 1. The normalized spacial score (nSPS) is 11.1. The summed E-state index contributed by atoms with van der Waals surface area (Å²) in [4.78, 5) is 9.14. The van der Waals surface area contributed by atoms with Crippen molar-refractivity contribution < 1.29 is 0 Å². The van der Waals surface area contributed by atoms with Crippen LogP contribution in [0.15, 0.2) is 66.2 Å². The molecule has 28 heavy (non-hydrogen) atoms. The van der Waals surface area contributed by atoms with E-state index in [0.29, 0.717) is 6.54 Å². The Hall–Kier alpha value is -2.36. The lowest BCUT2D eigenvalue weighted by Gasteiger charge is -2.12. The number of rotatable bonds is 9. The molecule has 0 saturated heterocycles. The van der Waals surface area contributed by atoms with E-state index in [0.717, 1.165) is 44.4 Å². The van der Waals surface area contributed by atoms with E-state index in [9.17, 15) is 0 Å². The number of aryl methyl sites for hydroxylation is 1. The molecular weight excluding hydrogens is 465 g/mol. The molecule has 0 amide bonds. The van der Waals surface area contributed by atoms with Crippen LogP contribution in [-0.4, -0.2) is 38.4 Å². The summed E-state index contributed by atoms with van der Waals surface area (Å²) in [6.07, 6.45) is 8.59. The molecule has 3 aromatic rings. The van der Waals surface area contributed by atoms with Gasteiger partial charge in [0.25, 0.3) is 0 Å². The lowest BCUT2D eigenvalue weighted by Crippen LogP contribution is -2.38. The maximum atomic E-state index is 4.68. The van der Waals surface area contributed by atoms with Gasteiger partial charge in [-0.3, -0.25) is 4.68 Å². The Morgan fingerprint density at radius 1 is 1.07 bits per heavy atom. The Morgan fingerprint density at radius 3 is 2.68 bits per heavy atom. The number of hydrogen-bond donors (Lipinski definition) is 2. The number of benzene rings is 1. The highest BCUT2D eigenvalue weighted by Crippen LogP contribution is 2.06. The minimum atomic E-state index is 0. The zero-order valence-electron chi connectivity index (χ0n) is 16.2. The number of aliphatic imine (C=N–C) groups is 1. The molecule has 3 rings (SSSR count). The van der Waals surface area contributed by atoms with Gasteiger partial charge in [0, 0.05) is 51.0 Å². The van der Waals surface area contributed by atoms with Crippen molar-refractivity contribution in [3.8, 4) is 0 Å². The monoisotopic (exact) mass is 493 g/mol. The highest BCUT2D eigenvalue weighted by atomic mass is 127. The lowest BCUT2D eigenvalue weighted by molar-refractivity contribution is 0.570. The molecule has 2 N–H and O–H groups in total. The summed E-state index contributed by atoms with van der Waals surface area (Å²) in [5.41, 5.74) is 1.25. The molecule has 0 aliphatic rings. The van der Waals surface area contributed by atoms with Crippen molar-refractivity contribution in [3.63, 3.8) is 0 Å². The topological polar surface area (TPSA) is 72.1 Å². The van der Waals surface area contributed by atoms with Crippen LogP contribution in [-0.2, 0) is 19.6 Å². The molecule has 0 radical (unpaired) electrons. The van der Waals surface area contributed by atoms with Crippen LogP contribution >= 0.6 is 24.0 Å². The predicted molar refractivity (Wildman–Crippen MR) is 123 cm³/mol. The van der Waals surface area contributed by atoms with E-state index >= 15 is 0 Å². The second kappa shape index (κ2) is 12.2. The van der Waals surface area contributed by atoms with E-state index in [2.05, 4.69) is 61.5 Å². The smallest absolute Gasteiger partial charge is 0.191 e. The lowest BCUT2D eigenvalue weighted by atomic mass is 10.2. The van der Waals surface area contributed by atoms with Crippen molar-refractivity contribution in [2.24, 2.45) is 4.99 Å². The first-order valence-corrected chi connectivity index (χ1v) is 9.38. The number of nitrogens with zero attached hydrogens (tertiary/aromatic N) is 5. The van der Waals surface area contributed by atoms with Gasteiger partial charge in [-0.15, -0.1) is 24.0 Å². The molecular formula is C20H28IN7. The van der Waals surface area contributed by atoms with Gasteiger partial charge in [-0.05, 0) is 25.0 Å². The third-order valence-electron chi connectivity index (χ3n) is 4.14. The Bertz CT molecular complexity index is 812. The van der Waals surface area contributed by atoms with Gasteiger partial charge < -0.3 is 15.2 Å². The van der Waals surface area contributed by atoms with Crippen LogP contribution in [0.3, 0.4) is 0 Å². The van der Waals surface area contributed by atoms with Crippen LogP contribution in [0.5, 0.6) is 0 Å². The summed E-state index contributed by atoms with van der Waals surface area (Å²) in [6, 6.07) is 12.3. The van der Waals surface area contributed by atoms with Crippen molar-refractivity contribution in [1.82, 2.24) is 30.0 Å². The summed E-state index contributed by atoms with van der Waals surface area (Å²) >= 11 is 0. The largest absolute Gasteiger partial charge is 0.357 e. The molecule has 0 unspecified atom stereocenters. The summed E-state index contributed by atoms with van der Waals surface area (Å²) < 4.78 is 4.08. The molecule has 0 aliphatic carbocycles. The molecule has 1 aromatic carbocycles. The Morgan fingerprint density at radius 2 is 1.93 bits per heavy atom. The van der Waals surface area contributed by atoms with Crippen LogP contribution < -0.4 is 10.6 Å². The second-order valence-corrected chi connectivity index (χ2v) is 6.20. The molecule has 7 nitrogen and oxygen atoms in total. The molecule has 2 heterocycles. The minimum absolute atomic E-state index is 0. The Kier molecular flexibility index (Phi) is 9.53. The van der Waals surface area contributed by atoms with Crippen molar-refractivity contribution in [2.45, 2.75) is 33.0 Å². The molecule has 8 heteroatoms. The average Bonchev–Trinajstić information content (AvgIpc) is 3.36. The third-order valence-corrected chi connectivity index (χ3v) is 4.14. The van der Waals surface area contributed by atoms with E-state index < -0.39 is 0 Å². The Balaban J connectivity index is 0.00000280. The van der Waals surface area contributed by atoms with Gasteiger partial charge in [-0.25, -0.2) is 9.98 Å². The maximum absolute atomic E-state index is 4.68. The molecule has 0 fully saturated rings. The van der Waals surface area contributed by atoms with E-state index in [1.807, 2.05) is 35.4 Å². The van der Waals surface area contributed by atoms with Gasteiger partial charge in [0.2, 0.25) is 0 Å². The fraction of sp³-hybridized carbons (Fsp3) is 0.350. The molecule has 2 aromatic heterocycles. The number of aromatic nitrogens is 4. The Labute approximate surface area is 183 Å². The molecule has 0 bridgehead atoms. The molecule has 0 saturated carbocycles. The zero-order valence-corrected chi connectivity index (χ0v) is 18.5. The van der Waals surface area contributed by atoms with Crippen LogP contribution in [0.2, 0.25) is 0 Å². The number of halogens is 1. The fourth-order valence-corrected chi connectivity index (χ4v) is 2.79. The quantitative estimate of drug-likeness (QED) is 0.208. The van der Waals surface area contributed by atoms with Crippen LogP contribution in [0.1, 0.15) is 24.7 Å². The van der Waals surface area contributed by atoms with Crippen LogP contribution in [0, 0.1) is 0 Å². The maximum Gasteiger partial charge on any atom is 0.191 e. The van der Waals surface area contributed by atoms with Crippen LogP contribution in [0.25, 0.3) is 0 Å². The van der Waals surface area contributed by atoms with Gasteiger partial charge in [0.1, 0.15) is 12.4 Å². The van der Waals surface area contributed by atoms with E-state index in [-0.39, 0.29) is 24.0 Å². The first kappa shape index (κ1) is 21.9. The average molecular weight is 493 g/mol. The summed E-state index contributed by atoms with van der Waals surface area (Å²) in [5, 5.41) is 10.9. The van der Waals surface area contributed by atoms with Crippen molar-refractivity contribution in [2.75, 3.05) is 13.1 Å². The third kappa shape index (κ3) is 6.99. The summed E-state index contributed by atoms with van der Waals surface area (Å²) in [6.45, 7) is 5.96.